The fourth-order valence-electron chi connectivity index (χ4n) is 3.01. The van der Waals surface area contributed by atoms with Gasteiger partial charge in [-0.1, -0.05) is 30.3 Å². The first-order chi connectivity index (χ1) is 11.5. The number of amides is 2. The van der Waals surface area contributed by atoms with Gasteiger partial charge in [0.2, 0.25) is 11.8 Å². The van der Waals surface area contributed by atoms with Crippen molar-refractivity contribution in [2.24, 2.45) is 0 Å². The SMILES string of the molecule is Cc1nn(Cc2ccccc2)c(C)c1CNC(=O)C1CCC(=O)N1. The second-order valence-corrected chi connectivity index (χ2v) is 6.17. The Bertz CT molecular complexity index is 752. The third kappa shape index (κ3) is 3.48. The van der Waals surface area contributed by atoms with Crippen molar-refractivity contribution in [1.82, 2.24) is 20.4 Å². The van der Waals surface area contributed by atoms with Gasteiger partial charge >= 0.3 is 0 Å². The zero-order valence-corrected chi connectivity index (χ0v) is 14.0. The van der Waals surface area contributed by atoms with Crippen LogP contribution in [0, 0.1) is 13.8 Å². The molecule has 1 aromatic heterocycles. The number of aryl methyl sites for hydroxylation is 1. The number of nitrogens with zero attached hydrogens (tertiary/aromatic N) is 2. The van der Waals surface area contributed by atoms with Gasteiger partial charge in [-0.15, -0.1) is 0 Å². The molecule has 1 aliphatic heterocycles. The average Bonchev–Trinajstić information content (AvgIpc) is 3.11. The van der Waals surface area contributed by atoms with Gasteiger partial charge < -0.3 is 10.6 Å². The first kappa shape index (κ1) is 16.2. The number of hydrogen-bond acceptors (Lipinski definition) is 3. The first-order valence-corrected chi connectivity index (χ1v) is 8.18. The van der Waals surface area contributed by atoms with Crippen LogP contribution in [0.15, 0.2) is 30.3 Å². The van der Waals surface area contributed by atoms with Crippen LogP contribution in [0.2, 0.25) is 0 Å². The van der Waals surface area contributed by atoms with Crippen molar-refractivity contribution in [1.29, 1.82) is 0 Å². The second kappa shape index (κ2) is 6.86. The molecule has 0 saturated carbocycles. The van der Waals surface area contributed by atoms with Crippen molar-refractivity contribution in [2.45, 2.75) is 45.8 Å². The lowest BCUT2D eigenvalue weighted by molar-refractivity contribution is -0.125. The average molecular weight is 326 g/mol. The highest BCUT2D eigenvalue weighted by molar-refractivity contribution is 5.90. The zero-order valence-electron chi connectivity index (χ0n) is 14.0. The van der Waals surface area contributed by atoms with E-state index in [2.05, 4.69) is 27.9 Å². The van der Waals surface area contributed by atoms with Gasteiger partial charge in [-0.2, -0.15) is 5.10 Å². The molecule has 3 rings (SSSR count). The van der Waals surface area contributed by atoms with Gasteiger partial charge in [-0.25, -0.2) is 0 Å². The fraction of sp³-hybridized carbons (Fsp3) is 0.389. The molecular weight excluding hydrogens is 304 g/mol. The highest BCUT2D eigenvalue weighted by Crippen LogP contribution is 2.15. The molecule has 6 heteroatoms. The van der Waals surface area contributed by atoms with Gasteiger partial charge in [0.05, 0.1) is 12.2 Å². The van der Waals surface area contributed by atoms with E-state index in [9.17, 15) is 9.59 Å². The van der Waals surface area contributed by atoms with Gasteiger partial charge in [-0.3, -0.25) is 14.3 Å². The minimum absolute atomic E-state index is 0.0572. The van der Waals surface area contributed by atoms with Crippen LogP contribution in [0.4, 0.5) is 0 Å². The van der Waals surface area contributed by atoms with Crippen molar-refractivity contribution >= 4 is 11.8 Å². The van der Waals surface area contributed by atoms with Crippen LogP contribution in [-0.4, -0.2) is 27.6 Å². The molecule has 0 bridgehead atoms. The minimum Gasteiger partial charge on any atom is -0.350 e. The summed E-state index contributed by atoms with van der Waals surface area (Å²) in [6, 6.07) is 9.75. The molecule has 24 heavy (non-hydrogen) atoms. The van der Waals surface area contributed by atoms with Gasteiger partial charge in [0.15, 0.2) is 0 Å². The highest BCUT2D eigenvalue weighted by atomic mass is 16.2. The molecule has 0 radical (unpaired) electrons. The number of benzene rings is 1. The van der Waals surface area contributed by atoms with E-state index in [1.807, 2.05) is 36.7 Å². The maximum atomic E-state index is 12.1. The highest BCUT2D eigenvalue weighted by Gasteiger charge is 2.27. The Morgan fingerprint density at radius 1 is 1.33 bits per heavy atom. The maximum absolute atomic E-state index is 12.1. The molecule has 2 aromatic rings. The number of hydrogen-bond donors (Lipinski definition) is 2. The number of carbonyl (C=O) groups is 2. The van der Waals surface area contributed by atoms with Gasteiger partial charge in [-0.05, 0) is 25.8 Å². The van der Waals surface area contributed by atoms with E-state index in [0.29, 0.717) is 25.9 Å². The van der Waals surface area contributed by atoms with E-state index < -0.39 is 6.04 Å². The predicted octanol–water partition coefficient (Wildman–Crippen LogP) is 1.44. The lowest BCUT2D eigenvalue weighted by Crippen LogP contribution is -2.41. The van der Waals surface area contributed by atoms with Crippen LogP contribution >= 0.6 is 0 Å². The van der Waals surface area contributed by atoms with Crippen LogP contribution in [0.5, 0.6) is 0 Å². The quantitative estimate of drug-likeness (QED) is 0.873. The predicted molar refractivity (Wildman–Crippen MR) is 90.3 cm³/mol. The van der Waals surface area contributed by atoms with Gasteiger partial charge in [0.1, 0.15) is 6.04 Å². The van der Waals surface area contributed by atoms with E-state index in [-0.39, 0.29) is 11.8 Å². The third-order valence-electron chi connectivity index (χ3n) is 4.46. The van der Waals surface area contributed by atoms with Crippen molar-refractivity contribution < 1.29 is 9.59 Å². The molecular formula is C18H22N4O2. The molecule has 1 saturated heterocycles. The van der Waals surface area contributed by atoms with Crippen molar-refractivity contribution in [2.75, 3.05) is 0 Å². The van der Waals surface area contributed by atoms with Crippen LogP contribution in [0.25, 0.3) is 0 Å². The van der Waals surface area contributed by atoms with Crippen molar-refractivity contribution in [3.05, 3.63) is 52.8 Å². The Kier molecular flexibility index (Phi) is 4.64. The summed E-state index contributed by atoms with van der Waals surface area (Å²) in [6.45, 7) is 5.10. The molecule has 1 fully saturated rings. The first-order valence-electron chi connectivity index (χ1n) is 8.18. The van der Waals surface area contributed by atoms with Crippen LogP contribution in [-0.2, 0) is 22.7 Å². The maximum Gasteiger partial charge on any atom is 0.242 e. The molecule has 0 aliphatic carbocycles. The Labute approximate surface area is 141 Å². The lowest BCUT2D eigenvalue weighted by Gasteiger charge is -2.11. The molecule has 2 N–H and O–H groups in total. The summed E-state index contributed by atoms with van der Waals surface area (Å²) in [5.41, 5.74) is 4.18. The molecule has 2 heterocycles. The van der Waals surface area contributed by atoms with E-state index >= 15 is 0 Å². The summed E-state index contributed by atoms with van der Waals surface area (Å²) in [4.78, 5) is 23.3. The second-order valence-electron chi connectivity index (χ2n) is 6.17. The van der Waals surface area contributed by atoms with Gasteiger partial charge in [0.25, 0.3) is 0 Å². The van der Waals surface area contributed by atoms with Crippen molar-refractivity contribution in [3.8, 4) is 0 Å². The van der Waals surface area contributed by atoms with E-state index in [0.717, 1.165) is 17.0 Å². The smallest absolute Gasteiger partial charge is 0.242 e. The minimum atomic E-state index is -0.405. The molecule has 1 atom stereocenters. The summed E-state index contributed by atoms with van der Waals surface area (Å²) >= 11 is 0. The summed E-state index contributed by atoms with van der Waals surface area (Å²) in [5.74, 6) is -0.186. The number of aromatic nitrogens is 2. The Balaban J connectivity index is 1.66. The number of carbonyl (C=O) groups excluding carboxylic acids is 2. The molecule has 2 amide bonds. The molecule has 0 spiro atoms. The molecule has 6 nitrogen and oxygen atoms in total. The van der Waals surface area contributed by atoms with Crippen LogP contribution in [0.3, 0.4) is 0 Å². The largest absolute Gasteiger partial charge is 0.350 e. The monoisotopic (exact) mass is 326 g/mol. The summed E-state index contributed by atoms with van der Waals surface area (Å²) in [7, 11) is 0. The summed E-state index contributed by atoms with van der Waals surface area (Å²) < 4.78 is 1.96. The topological polar surface area (TPSA) is 76.0 Å². The molecule has 126 valence electrons. The number of nitrogens with one attached hydrogen (secondary N) is 2. The third-order valence-corrected chi connectivity index (χ3v) is 4.46. The standard InChI is InChI=1S/C18H22N4O2/c1-12-15(10-19-18(24)16-8-9-17(23)20-16)13(2)22(21-12)11-14-6-4-3-5-7-14/h3-7,16H,8-11H2,1-2H3,(H,19,24)(H,20,23). The Hall–Kier alpha value is -2.63. The zero-order chi connectivity index (χ0) is 17.1. The number of rotatable bonds is 5. The molecule has 1 aliphatic rings. The van der Waals surface area contributed by atoms with Crippen molar-refractivity contribution in [3.63, 3.8) is 0 Å². The van der Waals surface area contributed by atoms with E-state index in [1.165, 1.54) is 5.56 Å². The van der Waals surface area contributed by atoms with Crippen LogP contribution in [0.1, 0.15) is 35.4 Å². The summed E-state index contributed by atoms with van der Waals surface area (Å²) in [6.07, 6.45) is 0.987. The van der Waals surface area contributed by atoms with Crippen LogP contribution < -0.4 is 10.6 Å². The van der Waals surface area contributed by atoms with E-state index in [4.69, 9.17) is 0 Å². The molecule has 1 unspecified atom stereocenters. The normalized spacial score (nSPS) is 16.9. The lowest BCUT2D eigenvalue weighted by atomic mass is 10.1. The van der Waals surface area contributed by atoms with Gasteiger partial charge in [0, 0.05) is 24.2 Å². The fourth-order valence-corrected chi connectivity index (χ4v) is 3.01. The van der Waals surface area contributed by atoms with E-state index in [1.54, 1.807) is 0 Å². The Morgan fingerprint density at radius 2 is 2.08 bits per heavy atom. The molecule has 1 aromatic carbocycles. The summed E-state index contributed by atoms with van der Waals surface area (Å²) in [5, 5.41) is 10.2. The Morgan fingerprint density at radius 3 is 2.75 bits per heavy atom.